The minimum absolute atomic E-state index is 0.0591. The Bertz CT molecular complexity index is 389. The van der Waals surface area contributed by atoms with Gasteiger partial charge in [-0.1, -0.05) is 12.8 Å². The fourth-order valence-corrected chi connectivity index (χ4v) is 4.82. The molecule has 0 N–H and O–H groups in total. The van der Waals surface area contributed by atoms with E-state index in [0.717, 1.165) is 18.7 Å². The highest BCUT2D eigenvalue weighted by molar-refractivity contribution is 8.00. The maximum Gasteiger partial charge on any atom is 0.249 e. The monoisotopic (exact) mass is 298 g/mol. The van der Waals surface area contributed by atoms with Crippen molar-refractivity contribution in [1.29, 1.82) is 0 Å². The van der Waals surface area contributed by atoms with Crippen LogP contribution in [-0.2, 0) is 14.3 Å². The van der Waals surface area contributed by atoms with Gasteiger partial charge in [-0.05, 0) is 12.8 Å². The number of ether oxygens (including phenoxy) is 1. The van der Waals surface area contributed by atoms with Crippen LogP contribution in [0.2, 0.25) is 0 Å². The molecule has 0 unspecified atom stereocenters. The number of morpholine rings is 1. The minimum Gasteiger partial charge on any atom is -0.370 e. The van der Waals surface area contributed by atoms with Crippen LogP contribution in [-0.4, -0.2) is 71.5 Å². The van der Waals surface area contributed by atoms with E-state index >= 15 is 0 Å². The molecule has 0 radical (unpaired) electrons. The zero-order valence-corrected chi connectivity index (χ0v) is 12.6. The maximum absolute atomic E-state index is 12.5. The lowest BCUT2D eigenvalue weighted by molar-refractivity contribution is -0.149. The van der Waals surface area contributed by atoms with Crippen molar-refractivity contribution in [2.45, 2.75) is 37.0 Å². The average Bonchev–Trinajstić information content (AvgIpc) is 2.49. The normalized spacial score (nSPS) is 31.1. The molecule has 1 aliphatic carbocycles. The van der Waals surface area contributed by atoms with Gasteiger partial charge < -0.3 is 14.5 Å². The Hall–Kier alpha value is -0.750. The molecular formula is C14H22N2O3S. The summed E-state index contributed by atoms with van der Waals surface area (Å²) in [7, 11) is 0. The van der Waals surface area contributed by atoms with Crippen molar-refractivity contribution in [2.24, 2.45) is 0 Å². The quantitative estimate of drug-likeness (QED) is 0.754. The summed E-state index contributed by atoms with van der Waals surface area (Å²) in [6, 6.07) is 0.395. The van der Waals surface area contributed by atoms with Crippen LogP contribution in [0.5, 0.6) is 0 Å². The fourth-order valence-electron chi connectivity index (χ4n) is 3.38. The van der Waals surface area contributed by atoms with Gasteiger partial charge in [-0.25, -0.2) is 0 Å². The molecule has 5 nitrogen and oxygen atoms in total. The molecule has 20 heavy (non-hydrogen) atoms. The number of carbonyl (C=O) groups excluding carboxylic acids is 2. The molecule has 0 bridgehead atoms. The Labute approximate surface area is 124 Å². The van der Waals surface area contributed by atoms with Gasteiger partial charge in [-0.15, -0.1) is 0 Å². The predicted octanol–water partition coefficient (Wildman–Crippen LogP) is 0.732. The molecule has 112 valence electrons. The number of rotatable bonds is 2. The molecule has 3 rings (SSSR count). The van der Waals surface area contributed by atoms with Crippen molar-refractivity contribution < 1.29 is 14.3 Å². The molecule has 0 aromatic heterocycles. The van der Waals surface area contributed by atoms with E-state index in [9.17, 15) is 9.59 Å². The molecule has 3 aliphatic rings. The first-order valence-corrected chi connectivity index (χ1v) is 8.57. The summed E-state index contributed by atoms with van der Waals surface area (Å²) < 4.78 is 5.11. The Balaban J connectivity index is 1.61. The second-order valence-electron chi connectivity index (χ2n) is 5.72. The Morgan fingerprint density at radius 3 is 3.00 bits per heavy atom. The fraction of sp³-hybridized carbons (Fsp3) is 0.857. The van der Waals surface area contributed by atoms with Crippen LogP contribution >= 0.6 is 11.8 Å². The topological polar surface area (TPSA) is 49.9 Å². The number of amides is 2. The molecule has 0 aromatic carbocycles. The van der Waals surface area contributed by atoms with Crippen LogP contribution in [0.3, 0.4) is 0 Å². The highest BCUT2D eigenvalue weighted by Gasteiger charge is 2.37. The predicted molar refractivity (Wildman–Crippen MR) is 77.6 cm³/mol. The molecular weight excluding hydrogens is 276 g/mol. The van der Waals surface area contributed by atoms with E-state index < -0.39 is 0 Å². The van der Waals surface area contributed by atoms with Crippen molar-refractivity contribution in [2.75, 3.05) is 38.6 Å². The van der Waals surface area contributed by atoms with E-state index in [0.29, 0.717) is 24.4 Å². The van der Waals surface area contributed by atoms with Gasteiger partial charge in [0.05, 0.1) is 13.2 Å². The third kappa shape index (κ3) is 2.96. The summed E-state index contributed by atoms with van der Waals surface area (Å²) in [6.45, 7) is 2.27. The summed E-state index contributed by atoms with van der Waals surface area (Å²) in [5.74, 6) is 1.10. The molecule has 2 heterocycles. The SMILES string of the molecule is O=C1COCCN1CC(=O)N1CCS[C@H]2CCCC[C@H]21. The molecule has 2 aliphatic heterocycles. The number of nitrogens with zero attached hydrogens (tertiary/aromatic N) is 2. The average molecular weight is 298 g/mol. The molecule has 0 spiro atoms. The lowest BCUT2D eigenvalue weighted by Crippen LogP contribution is -2.55. The summed E-state index contributed by atoms with van der Waals surface area (Å²) in [5.41, 5.74) is 0. The van der Waals surface area contributed by atoms with Crippen molar-refractivity contribution in [3.05, 3.63) is 0 Å². The number of hydrogen-bond acceptors (Lipinski definition) is 4. The Morgan fingerprint density at radius 2 is 2.15 bits per heavy atom. The molecule has 2 saturated heterocycles. The Morgan fingerprint density at radius 1 is 1.30 bits per heavy atom. The van der Waals surface area contributed by atoms with E-state index in [1.807, 2.05) is 16.7 Å². The van der Waals surface area contributed by atoms with Gasteiger partial charge in [-0.2, -0.15) is 11.8 Å². The van der Waals surface area contributed by atoms with Gasteiger partial charge in [-0.3, -0.25) is 9.59 Å². The molecule has 1 saturated carbocycles. The second-order valence-corrected chi connectivity index (χ2v) is 7.06. The molecule has 3 fully saturated rings. The summed E-state index contributed by atoms with van der Waals surface area (Å²) in [5, 5.41) is 0.613. The van der Waals surface area contributed by atoms with Crippen molar-refractivity contribution in [1.82, 2.24) is 9.80 Å². The van der Waals surface area contributed by atoms with Crippen LogP contribution < -0.4 is 0 Å². The van der Waals surface area contributed by atoms with E-state index in [1.54, 1.807) is 4.90 Å². The second kappa shape index (κ2) is 6.35. The third-order valence-electron chi connectivity index (χ3n) is 4.46. The summed E-state index contributed by atoms with van der Waals surface area (Å²) >= 11 is 2.02. The van der Waals surface area contributed by atoms with Gasteiger partial charge >= 0.3 is 0 Å². The van der Waals surface area contributed by atoms with Crippen molar-refractivity contribution >= 4 is 23.6 Å². The number of carbonyl (C=O) groups is 2. The molecule has 2 amide bonds. The summed E-state index contributed by atoms with van der Waals surface area (Å²) in [6.07, 6.45) is 4.87. The van der Waals surface area contributed by atoms with Gasteiger partial charge in [0.25, 0.3) is 0 Å². The smallest absolute Gasteiger partial charge is 0.249 e. The van der Waals surface area contributed by atoms with Crippen LogP contribution in [0.4, 0.5) is 0 Å². The van der Waals surface area contributed by atoms with Crippen LogP contribution in [0.15, 0.2) is 0 Å². The van der Waals surface area contributed by atoms with Gasteiger partial charge in [0.1, 0.15) is 6.61 Å². The first-order chi connectivity index (χ1) is 9.75. The van der Waals surface area contributed by atoms with Crippen LogP contribution in [0.25, 0.3) is 0 Å². The minimum atomic E-state index is -0.0591. The highest BCUT2D eigenvalue weighted by Crippen LogP contribution is 2.35. The van der Waals surface area contributed by atoms with E-state index in [2.05, 4.69) is 0 Å². The standard InChI is InChI=1S/C14H22N2O3S/c17-13(9-15-5-7-19-10-14(15)18)16-6-8-20-12-4-2-1-3-11(12)16/h11-12H,1-10H2/t11-,12+/m1/s1. The van der Waals surface area contributed by atoms with Crippen molar-refractivity contribution in [3.8, 4) is 0 Å². The van der Waals surface area contributed by atoms with Crippen molar-refractivity contribution in [3.63, 3.8) is 0 Å². The van der Waals surface area contributed by atoms with Gasteiger partial charge in [0.2, 0.25) is 11.8 Å². The highest BCUT2D eigenvalue weighted by atomic mass is 32.2. The Kier molecular flexibility index (Phi) is 4.51. The zero-order valence-electron chi connectivity index (χ0n) is 11.8. The number of thioether (sulfide) groups is 1. The largest absolute Gasteiger partial charge is 0.370 e. The van der Waals surface area contributed by atoms with Crippen LogP contribution in [0, 0.1) is 0 Å². The van der Waals surface area contributed by atoms with Gasteiger partial charge in [0, 0.05) is 30.1 Å². The third-order valence-corrected chi connectivity index (χ3v) is 5.86. The first-order valence-electron chi connectivity index (χ1n) is 7.52. The lowest BCUT2D eigenvalue weighted by atomic mass is 9.93. The number of fused-ring (bicyclic) bond motifs is 1. The molecule has 6 heteroatoms. The first kappa shape index (κ1) is 14.2. The number of hydrogen-bond donors (Lipinski definition) is 0. The van der Waals surface area contributed by atoms with Crippen LogP contribution in [0.1, 0.15) is 25.7 Å². The summed E-state index contributed by atoms with van der Waals surface area (Å²) in [4.78, 5) is 28.0. The molecule has 0 aromatic rings. The zero-order chi connectivity index (χ0) is 13.9. The van der Waals surface area contributed by atoms with E-state index in [-0.39, 0.29) is 25.0 Å². The van der Waals surface area contributed by atoms with Gasteiger partial charge in [0.15, 0.2) is 0 Å². The maximum atomic E-state index is 12.5. The molecule has 2 atom stereocenters. The van der Waals surface area contributed by atoms with E-state index in [1.165, 1.54) is 19.3 Å². The lowest BCUT2D eigenvalue weighted by Gasteiger charge is -2.44. The van der Waals surface area contributed by atoms with E-state index in [4.69, 9.17) is 4.74 Å².